The Bertz CT molecular complexity index is 359. The third kappa shape index (κ3) is 2.02. The molecule has 0 heterocycles. The fourth-order valence-electron chi connectivity index (χ4n) is 3.72. The van der Waals surface area contributed by atoms with Gasteiger partial charge in [0.1, 0.15) is 0 Å². The van der Waals surface area contributed by atoms with Crippen LogP contribution in [0.4, 0.5) is 0 Å². The summed E-state index contributed by atoms with van der Waals surface area (Å²) in [5, 5.41) is 0. The van der Waals surface area contributed by atoms with Gasteiger partial charge in [-0.25, -0.2) is 13.1 Å². The van der Waals surface area contributed by atoms with Gasteiger partial charge in [0.25, 0.3) is 0 Å². The summed E-state index contributed by atoms with van der Waals surface area (Å²) >= 11 is 0. The molecule has 0 aromatic carbocycles. The quantitative estimate of drug-likeness (QED) is 0.823. The summed E-state index contributed by atoms with van der Waals surface area (Å²) in [6, 6.07) is 0. The lowest BCUT2D eigenvalue weighted by atomic mass is 9.46. The van der Waals surface area contributed by atoms with Crippen molar-refractivity contribution in [1.82, 2.24) is 4.72 Å². The number of sulfonamides is 1. The molecule has 0 spiro atoms. The highest BCUT2D eigenvalue weighted by molar-refractivity contribution is 7.89. The van der Waals surface area contributed by atoms with Gasteiger partial charge in [-0.1, -0.05) is 20.8 Å². The van der Waals surface area contributed by atoms with Crippen molar-refractivity contribution in [2.45, 2.75) is 40.0 Å². The van der Waals surface area contributed by atoms with Gasteiger partial charge in [0.2, 0.25) is 10.0 Å². The topological polar surface area (TPSA) is 46.2 Å². The Morgan fingerprint density at radius 1 is 1.31 bits per heavy atom. The largest absolute Gasteiger partial charge is 0.216 e. The van der Waals surface area contributed by atoms with E-state index in [0.29, 0.717) is 29.5 Å². The predicted octanol–water partition coefficient (Wildman–Crippen LogP) is 2.00. The van der Waals surface area contributed by atoms with Crippen LogP contribution < -0.4 is 4.72 Å². The van der Waals surface area contributed by atoms with Gasteiger partial charge in [-0.15, -0.1) is 0 Å². The molecule has 0 saturated heterocycles. The van der Waals surface area contributed by atoms with Crippen molar-refractivity contribution in [2.75, 3.05) is 12.3 Å². The summed E-state index contributed by atoms with van der Waals surface area (Å²) in [4.78, 5) is 0. The molecule has 3 saturated carbocycles. The van der Waals surface area contributed by atoms with E-state index in [1.165, 1.54) is 12.8 Å². The molecule has 3 aliphatic rings. The average molecular weight is 245 g/mol. The van der Waals surface area contributed by atoms with Gasteiger partial charge in [-0.2, -0.15) is 0 Å². The van der Waals surface area contributed by atoms with Crippen molar-refractivity contribution < 1.29 is 8.42 Å². The number of rotatable bonds is 4. The Hall–Kier alpha value is -0.0900. The molecule has 2 bridgehead atoms. The summed E-state index contributed by atoms with van der Waals surface area (Å²) in [6.45, 7) is 6.95. The molecule has 1 N–H and O–H groups in total. The van der Waals surface area contributed by atoms with Gasteiger partial charge in [-0.3, -0.25) is 0 Å². The minimum Gasteiger partial charge on any atom is -0.216 e. The standard InChI is InChI=1S/C12H23NO2S/c1-4-13-16(14,15)8-9-5-6-10-7-11(9)12(10,2)3/h9-11,13H,4-8H2,1-3H3/t9-,10+,11+/m1/s1. The first-order valence-electron chi connectivity index (χ1n) is 6.34. The van der Waals surface area contributed by atoms with Gasteiger partial charge < -0.3 is 0 Å². The first kappa shape index (κ1) is 12.4. The van der Waals surface area contributed by atoms with Crippen molar-refractivity contribution in [1.29, 1.82) is 0 Å². The molecule has 3 atom stereocenters. The lowest BCUT2D eigenvalue weighted by Gasteiger charge is -2.60. The van der Waals surface area contributed by atoms with Crippen molar-refractivity contribution >= 4 is 10.0 Å². The Labute approximate surface area is 99.1 Å². The van der Waals surface area contributed by atoms with Crippen LogP contribution in [0.15, 0.2) is 0 Å². The lowest BCUT2D eigenvalue weighted by molar-refractivity contribution is -0.0978. The molecule has 0 amide bonds. The van der Waals surface area contributed by atoms with E-state index >= 15 is 0 Å². The second-order valence-electron chi connectivity index (χ2n) is 5.98. The molecule has 3 aliphatic carbocycles. The first-order valence-corrected chi connectivity index (χ1v) is 7.99. The molecule has 0 radical (unpaired) electrons. The summed E-state index contributed by atoms with van der Waals surface area (Å²) in [7, 11) is -3.04. The summed E-state index contributed by atoms with van der Waals surface area (Å²) in [5.74, 6) is 2.18. The van der Waals surface area contributed by atoms with Crippen molar-refractivity contribution in [3.8, 4) is 0 Å². The highest BCUT2D eigenvalue weighted by Crippen LogP contribution is 2.61. The highest BCUT2D eigenvalue weighted by atomic mass is 32.2. The Morgan fingerprint density at radius 2 is 2.00 bits per heavy atom. The van der Waals surface area contributed by atoms with E-state index in [4.69, 9.17) is 0 Å². The van der Waals surface area contributed by atoms with Crippen LogP contribution in [0.1, 0.15) is 40.0 Å². The number of nitrogens with one attached hydrogen (secondary N) is 1. The highest BCUT2D eigenvalue weighted by Gasteiger charge is 2.54. The van der Waals surface area contributed by atoms with Crippen LogP contribution in [-0.2, 0) is 10.0 Å². The van der Waals surface area contributed by atoms with Gasteiger partial charge in [-0.05, 0) is 42.4 Å². The van der Waals surface area contributed by atoms with E-state index in [2.05, 4.69) is 18.6 Å². The van der Waals surface area contributed by atoms with Crippen LogP contribution in [0.5, 0.6) is 0 Å². The molecule has 4 heteroatoms. The van der Waals surface area contributed by atoms with E-state index in [1.54, 1.807) is 0 Å². The SMILES string of the molecule is CCNS(=O)(=O)C[C@H]1CC[C@H]2C[C@@H]1C2(C)C. The molecular formula is C12H23NO2S. The average Bonchev–Trinajstić information content (AvgIpc) is 2.16. The molecule has 3 fully saturated rings. The molecule has 0 aromatic heterocycles. The summed E-state index contributed by atoms with van der Waals surface area (Å²) < 4.78 is 26.1. The van der Waals surface area contributed by atoms with E-state index < -0.39 is 10.0 Å². The zero-order valence-corrected chi connectivity index (χ0v) is 11.3. The van der Waals surface area contributed by atoms with Gasteiger partial charge in [0, 0.05) is 6.54 Å². The molecule has 16 heavy (non-hydrogen) atoms. The Kier molecular flexibility index (Phi) is 3.08. The third-order valence-electron chi connectivity index (χ3n) is 4.80. The van der Waals surface area contributed by atoms with Crippen molar-refractivity contribution in [3.05, 3.63) is 0 Å². The molecular weight excluding hydrogens is 222 g/mol. The van der Waals surface area contributed by atoms with E-state index in [0.717, 1.165) is 12.3 Å². The molecule has 0 unspecified atom stereocenters. The molecule has 3 rings (SSSR count). The number of hydrogen-bond donors (Lipinski definition) is 1. The molecule has 0 aliphatic heterocycles. The predicted molar refractivity (Wildman–Crippen MR) is 65.6 cm³/mol. The maximum atomic E-state index is 11.8. The van der Waals surface area contributed by atoms with Crippen molar-refractivity contribution in [2.24, 2.45) is 23.2 Å². The normalized spacial score (nSPS) is 36.8. The van der Waals surface area contributed by atoms with Gasteiger partial charge in [0.05, 0.1) is 5.75 Å². The monoisotopic (exact) mass is 245 g/mol. The maximum Gasteiger partial charge on any atom is 0.211 e. The minimum absolute atomic E-state index is 0.335. The second kappa shape index (κ2) is 3.98. The van der Waals surface area contributed by atoms with Crippen LogP contribution in [0.3, 0.4) is 0 Å². The minimum atomic E-state index is -3.04. The third-order valence-corrected chi connectivity index (χ3v) is 6.39. The number of fused-ring (bicyclic) bond motifs is 2. The summed E-state index contributed by atoms with van der Waals surface area (Å²) in [5.41, 5.74) is 0.380. The van der Waals surface area contributed by atoms with E-state index in [9.17, 15) is 8.42 Å². The zero-order valence-electron chi connectivity index (χ0n) is 10.5. The fraction of sp³-hybridized carbons (Fsp3) is 1.00. The molecule has 0 aromatic rings. The lowest BCUT2D eigenvalue weighted by Crippen LogP contribution is -2.54. The Balaban J connectivity index is 2.01. The van der Waals surface area contributed by atoms with Gasteiger partial charge >= 0.3 is 0 Å². The van der Waals surface area contributed by atoms with Crippen LogP contribution >= 0.6 is 0 Å². The summed E-state index contributed by atoms with van der Waals surface area (Å²) in [6.07, 6.45) is 3.57. The molecule has 94 valence electrons. The fourth-order valence-corrected chi connectivity index (χ4v) is 5.24. The zero-order chi connectivity index (χ0) is 12.0. The van der Waals surface area contributed by atoms with Crippen molar-refractivity contribution in [3.63, 3.8) is 0 Å². The molecule has 3 nitrogen and oxygen atoms in total. The van der Waals surface area contributed by atoms with Crippen LogP contribution in [-0.4, -0.2) is 20.7 Å². The van der Waals surface area contributed by atoms with Crippen LogP contribution in [0.25, 0.3) is 0 Å². The van der Waals surface area contributed by atoms with E-state index in [-0.39, 0.29) is 0 Å². The maximum absolute atomic E-state index is 11.8. The van der Waals surface area contributed by atoms with Crippen LogP contribution in [0, 0.1) is 23.2 Å². The second-order valence-corrected chi connectivity index (χ2v) is 7.83. The van der Waals surface area contributed by atoms with Crippen LogP contribution in [0.2, 0.25) is 0 Å². The first-order chi connectivity index (χ1) is 7.37. The number of hydrogen-bond acceptors (Lipinski definition) is 2. The van der Waals surface area contributed by atoms with Gasteiger partial charge in [0.15, 0.2) is 0 Å². The van der Waals surface area contributed by atoms with E-state index in [1.807, 2.05) is 6.92 Å². The Morgan fingerprint density at radius 3 is 2.50 bits per heavy atom. The smallest absolute Gasteiger partial charge is 0.211 e.